The number of aromatic carboxylic acids is 1. The average Bonchev–Trinajstić information content (AvgIpc) is 2.41. The molecule has 0 radical (unpaired) electrons. The van der Waals surface area contributed by atoms with Gasteiger partial charge in [0, 0.05) is 12.4 Å². The molecule has 1 aromatic carbocycles. The lowest BCUT2D eigenvalue weighted by Crippen LogP contribution is -2.22. The van der Waals surface area contributed by atoms with Crippen molar-refractivity contribution < 1.29 is 14.7 Å². The van der Waals surface area contributed by atoms with Gasteiger partial charge in [-0.15, -0.1) is 0 Å². The minimum absolute atomic E-state index is 0.149. The summed E-state index contributed by atoms with van der Waals surface area (Å²) in [5.41, 5.74) is 0.0502. The quantitative estimate of drug-likeness (QED) is 0.806. The molecule has 0 fully saturated rings. The SMILES string of the molecule is O=C(Nc1ccccc1Cl)Nc1nccnc1C(=O)O. The summed E-state index contributed by atoms with van der Waals surface area (Å²) in [7, 11) is 0. The molecule has 0 saturated heterocycles. The molecule has 0 unspecified atom stereocenters. The van der Waals surface area contributed by atoms with Crippen LogP contribution >= 0.6 is 11.6 Å². The molecule has 1 aromatic heterocycles. The van der Waals surface area contributed by atoms with Crippen LogP contribution in [0.2, 0.25) is 5.02 Å². The van der Waals surface area contributed by atoms with Crippen molar-refractivity contribution in [2.24, 2.45) is 0 Å². The maximum absolute atomic E-state index is 11.8. The van der Waals surface area contributed by atoms with Gasteiger partial charge in [0.25, 0.3) is 0 Å². The van der Waals surface area contributed by atoms with Crippen LogP contribution in [0.4, 0.5) is 16.3 Å². The fourth-order valence-corrected chi connectivity index (χ4v) is 1.59. The molecular weight excluding hydrogens is 284 g/mol. The number of nitrogens with one attached hydrogen (secondary N) is 2. The highest BCUT2D eigenvalue weighted by molar-refractivity contribution is 6.33. The van der Waals surface area contributed by atoms with E-state index in [0.717, 1.165) is 0 Å². The topological polar surface area (TPSA) is 104 Å². The monoisotopic (exact) mass is 292 g/mol. The van der Waals surface area contributed by atoms with Gasteiger partial charge in [0.05, 0.1) is 10.7 Å². The van der Waals surface area contributed by atoms with Gasteiger partial charge in [0.2, 0.25) is 0 Å². The Bertz CT molecular complexity index is 663. The lowest BCUT2D eigenvalue weighted by molar-refractivity contribution is 0.0691. The number of hydrogen-bond donors (Lipinski definition) is 3. The van der Waals surface area contributed by atoms with Gasteiger partial charge in [-0.25, -0.2) is 19.6 Å². The minimum atomic E-state index is -1.29. The van der Waals surface area contributed by atoms with E-state index in [9.17, 15) is 9.59 Å². The zero-order valence-electron chi connectivity index (χ0n) is 10.0. The molecule has 2 amide bonds. The summed E-state index contributed by atoms with van der Waals surface area (Å²) < 4.78 is 0. The summed E-state index contributed by atoms with van der Waals surface area (Å²) in [5, 5.41) is 14.1. The molecule has 0 aliphatic heterocycles. The number of aromatic nitrogens is 2. The van der Waals surface area contributed by atoms with Crippen LogP contribution in [0.1, 0.15) is 10.5 Å². The maximum atomic E-state index is 11.8. The number of urea groups is 1. The second-order valence-electron chi connectivity index (χ2n) is 3.62. The first-order valence-electron chi connectivity index (χ1n) is 5.45. The highest BCUT2D eigenvalue weighted by Crippen LogP contribution is 2.20. The second-order valence-corrected chi connectivity index (χ2v) is 4.02. The number of benzene rings is 1. The van der Waals surface area contributed by atoms with E-state index in [1.807, 2.05) is 0 Å². The van der Waals surface area contributed by atoms with E-state index in [1.165, 1.54) is 12.4 Å². The number of nitrogens with zero attached hydrogens (tertiary/aromatic N) is 2. The number of carboxylic acids is 1. The predicted octanol–water partition coefficient (Wildman–Crippen LogP) is 2.47. The molecular formula is C12H9ClN4O3. The highest BCUT2D eigenvalue weighted by atomic mass is 35.5. The number of anilines is 2. The maximum Gasteiger partial charge on any atom is 0.358 e. The number of carbonyl (C=O) groups excluding carboxylic acids is 1. The summed E-state index contributed by atoms with van der Waals surface area (Å²) in [6.45, 7) is 0. The Morgan fingerprint density at radius 2 is 1.80 bits per heavy atom. The first kappa shape index (κ1) is 13.8. The van der Waals surface area contributed by atoms with Crippen LogP contribution in [0.25, 0.3) is 0 Å². The fourth-order valence-electron chi connectivity index (χ4n) is 1.41. The molecule has 20 heavy (non-hydrogen) atoms. The molecule has 0 saturated carbocycles. The lowest BCUT2D eigenvalue weighted by atomic mass is 10.3. The van der Waals surface area contributed by atoms with Crippen molar-refractivity contribution in [2.75, 3.05) is 10.6 Å². The van der Waals surface area contributed by atoms with Crippen LogP contribution < -0.4 is 10.6 Å². The Morgan fingerprint density at radius 3 is 2.50 bits per heavy atom. The molecule has 0 bridgehead atoms. The number of amides is 2. The summed E-state index contributed by atoms with van der Waals surface area (Å²) in [5.74, 6) is -1.43. The molecule has 3 N–H and O–H groups in total. The lowest BCUT2D eigenvalue weighted by Gasteiger charge is -2.09. The van der Waals surface area contributed by atoms with Gasteiger partial charge in [0.15, 0.2) is 11.5 Å². The van der Waals surface area contributed by atoms with Crippen LogP contribution in [0.15, 0.2) is 36.7 Å². The number of halogens is 1. The Balaban J connectivity index is 2.13. The molecule has 2 aromatic rings. The zero-order valence-corrected chi connectivity index (χ0v) is 10.8. The third-order valence-electron chi connectivity index (χ3n) is 2.25. The van der Waals surface area contributed by atoms with Crippen molar-refractivity contribution in [3.63, 3.8) is 0 Å². The molecule has 2 rings (SSSR count). The Labute approximate surface area is 118 Å². The van der Waals surface area contributed by atoms with E-state index < -0.39 is 12.0 Å². The van der Waals surface area contributed by atoms with Crippen molar-refractivity contribution in [3.05, 3.63) is 47.4 Å². The van der Waals surface area contributed by atoms with Gasteiger partial charge in [0.1, 0.15) is 0 Å². The standard InChI is InChI=1S/C12H9ClN4O3/c13-7-3-1-2-4-8(7)16-12(20)17-10-9(11(18)19)14-5-6-15-10/h1-6H,(H,18,19)(H2,15,16,17,20). The molecule has 7 nitrogen and oxygen atoms in total. The Kier molecular flexibility index (Phi) is 4.11. The first-order chi connectivity index (χ1) is 9.58. The molecule has 0 aliphatic rings. The van der Waals surface area contributed by atoms with E-state index in [-0.39, 0.29) is 11.5 Å². The number of para-hydroxylation sites is 1. The smallest absolute Gasteiger partial charge is 0.358 e. The van der Waals surface area contributed by atoms with Crippen LogP contribution in [0.5, 0.6) is 0 Å². The van der Waals surface area contributed by atoms with Crippen LogP contribution in [0.3, 0.4) is 0 Å². The number of rotatable bonds is 3. The van der Waals surface area contributed by atoms with Crippen molar-refractivity contribution in [3.8, 4) is 0 Å². The van der Waals surface area contributed by atoms with Gasteiger partial charge in [-0.2, -0.15) is 0 Å². The van der Waals surface area contributed by atoms with E-state index in [0.29, 0.717) is 10.7 Å². The second kappa shape index (κ2) is 5.98. The van der Waals surface area contributed by atoms with Crippen molar-refractivity contribution >= 4 is 35.1 Å². The van der Waals surface area contributed by atoms with Crippen LogP contribution in [0, 0.1) is 0 Å². The number of carboxylic acid groups (broad SMARTS) is 1. The minimum Gasteiger partial charge on any atom is -0.476 e. The van der Waals surface area contributed by atoms with Gasteiger partial charge >= 0.3 is 12.0 Å². The Hall–Kier alpha value is -2.67. The number of carbonyl (C=O) groups is 2. The van der Waals surface area contributed by atoms with Crippen molar-refractivity contribution in [1.82, 2.24) is 9.97 Å². The summed E-state index contributed by atoms with van der Waals surface area (Å²) in [6, 6.07) is 5.98. The van der Waals surface area contributed by atoms with Gasteiger partial charge in [-0.3, -0.25) is 5.32 Å². The largest absolute Gasteiger partial charge is 0.476 e. The first-order valence-corrected chi connectivity index (χ1v) is 5.82. The van der Waals surface area contributed by atoms with E-state index in [2.05, 4.69) is 20.6 Å². The summed E-state index contributed by atoms with van der Waals surface area (Å²) in [6.07, 6.45) is 2.50. The molecule has 102 valence electrons. The average molecular weight is 293 g/mol. The van der Waals surface area contributed by atoms with Gasteiger partial charge in [-0.05, 0) is 12.1 Å². The highest BCUT2D eigenvalue weighted by Gasteiger charge is 2.15. The molecule has 1 heterocycles. The Morgan fingerprint density at radius 1 is 1.10 bits per heavy atom. The molecule has 0 atom stereocenters. The summed E-state index contributed by atoms with van der Waals surface area (Å²) >= 11 is 5.89. The van der Waals surface area contributed by atoms with Crippen molar-refractivity contribution in [2.45, 2.75) is 0 Å². The zero-order chi connectivity index (χ0) is 14.5. The van der Waals surface area contributed by atoms with E-state index in [4.69, 9.17) is 16.7 Å². The molecule has 0 spiro atoms. The van der Waals surface area contributed by atoms with Crippen LogP contribution in [-0.2, 0) is 0 Å². The predicted molar refractivity (Wildman–Crippen MR) is 73.1 cm³/mol. The van der Waals surface area contributed by atoms with Crippen molar-refractivity contribution in [1.29, 1.82) is 0 Å². The van der Waals surface area contributed by atoms with E-state index in [1.54, 1.807) is 24.3 Å². The number of hydrogen-bond acceptors (Lipinski definition) is 4. The third-order valence-corrected chi connectivity index (χ3v) is 2.58. The van der Waals surface area contributed by atoms with Gasteiger partial charge < -0.3 is 10.4 Å². The normalized spacial score (nSPS) is 9.85. The molecule has 0 aliphatic carbocycles. The molecule has 8 heteroatoms. The summed E-state index contributed by atoms with van der Waals surface area (Å²) in [4.78, 5) is 30.1. The van der Waals surface area contributed by atoms with Gasteiger partial charge in [-0.1, -0.05) is 23.7 Å². The fraction of sp³-hybridized carbons (Fsp3) is 0. The van der Waals surface area contributed by atoms with E-state index >= 15 is 0 Å². The van der Waals surface area contributed by atoms with Crippen LogP contribution in [-0.4, -0.2) is 27.1 Å². The third kappa shape index (κ3) is 3.21.